The Morgan fingerprint density at radius 1 is 1.07 bits per heavy atom. The maximum absolute atomic E-state index is 13.0. The van der Waals surface area contributed by atoms with E-state index in [1.165, 1.54) is 5.56 Å². The number of carbonyl (C=O) groups is 2. The molecule has 2 amide bonds. The average Bonchev–Trinajstić information content (AvgIpc) is 3.44. The second-order valence-electron chi connectivity index (χ2n) is 8.46. The fourth-order valence-corrected chi connectivity index (χ4v) is 3.73. The highest BCUT2D eigenvalue weighted by atomic mass is 16.2. The summed E-state index contributed by atoms with van der Waals surface area (Å²) in [6.45, 7) is 4.94. The van der Waals surface area contributed by atoms with E-state index < -0.39 is 0 Å². The zero-order valence-electron chi connectivity index (χ0n) is 17.5. The minimum Gasteiger partial charge on any atom is -0.350 e. The molecule has 0 radical (unpaired) electrons. The number of benzene rings is 1. The number of nitrogens with zero attached hydrogens (tertiary/aromatic N) is 2. The molecule has 1 aromatic carbocycles. The zero-order valence-corrected chi connectivity index (χ0v) is 17.5. The van der Waals surface area contributed by atoms with Crippen LogP contribution in [0.1, 0.15) is 65.6 Å². The van der Waals surface area contributed by atoms with Crippen LogP contribution in [0.4, 0.5) is 0 Å². The Morgan fingerprint density at radius 3 is 2.53 bits per heavy atom. The molecule has 3 aromatic rings. The van der Waals surface area contributed by atoms with Gasteiger partial charge in [0, 0.05) is 24.7 Å². The summed E-state index contributed by atoms with van der Waals surface area (Å²) in [5.74, 6) is 0.416. The van der Waals surface area contributed by atoms with Gasteiger partial charge in [-0.3, -0.25) is 14.0 Å². The van der Waals surface area contributed by atoms with Crippen LogP contribution < -0.4 is 10.6 Å². The summed E-state index contributed by atoms with van der Waals surface area (Å²) in [7, 11) is 0. The molecule has 0 aliphatic heterocycles. The molecule has 0 bridgehead atoms. The molecule has 2 aromatic heterocycles. The molecule has 4 rings (SSSR count). The third-order valence-electron chi connectivity index (χ3n) is 5.41. The van der Waals surface area contributed by atoms with Gasteiger partial charge in [0.15, 0.2) is 0 Å². The first-order valence-electron chi connectivity index (χ1n) is 10.6. The van der Waals surface area contributed by atoms with E-state index in [2.05, 4.69) is 41.6 Å². The predicted molar refractivity (Wildman–Crippen MR) is 117 cm³/mol. The van der Waals surface area contributed by atoms with Crippen molar-refractivity contribution in [2.45, 2.75) is 45.1 Å². The third kappa shape index (κ3) is 4.70. The lowest BCUT2D eigenvalue weighted by Crippen LogP contribution is -2.30. The highest BCUT2D eigenvalue weighted by Gasteiger charge is 2.25. The summed E-state index contributed by atoms with van der Waals surface area (Å²) in [4.78, 5) is 29.7. The van der Waals surface area contributed by atoms with E-state index in [-0.39, 0.29) is 23.8 Å². The van der Waals surface area contributed by atoms with Gasteiger partial charge in [0.25, 0.3) is 11.8 Å². The lowest BCUT2D eigenvalue weighted by molar-refractivity contribution is 0.0934. The first kappa shape index (κ1) is 20.1. The summed E-state index contributed by atoms with van der Waals surface area (Å²) < 4.78 is 1.69. The van der Waals surface area contributed by atoms with Crippen molar-refractivity contribution < 1.29 is 9.59 Å². The van der Waals surface area contributed by atoms with Crippen molar-refractivity contribution in [3.05, 3.63) is 71.7 Å². The number of hydrogen-bond donors (Lipinski definition) is 2. The molecule has 2 heterocycles. The fraction of sp³-hybridized carbons (Fsp3) is 0.375. The van der Waals surface area contributed by atoms with E-state index in [1.807, 2.05) is 18.2 Å². The van der Waals surface area contributed by atoms with E-state index in [4.69, 9.17) is 0 Å². The molecule has 1 atom stereocenters. The summed E-state index contributed by atoms with van der Waals surface area (Å²) in [5, 5.41) is 6.03. The highest BCUT2D eigenvalue weighted by Crippen LogP contribution is 2.23. The normalized spacial score (nSPS) is 14.6. The van der Waals surface area contributed by atoms with E-state index in [0.717, 1.165) is 19.3 Å². The Labute approximate surface area is 176 Å². The van der Waals surface area contributed by atoms with Crippen LogP contribution in [0.5, 0.6) is 0 Å². The van der Waals surface area contributed by atoms with Gasteiger partial charge in [-0.2, -0.15) is 0 Å². The van der Waals surface area contributed by atoms with Crippen LogP contribution in [-0.2, 0) is 0 Å². The molecule has 0 saturated heterocycles. The molecule has 1 saturated carbocycles. The minimum atomic E-state index is -0.186. The van der Waals surface area contributed by atoms with Crippen molar-refractivity contribution >= 4 is 17.5 Å². The maximum Gasteiger partial charge on any atom is 0.271 e. The van der Waals surface area contributed by atoms with Gasteiger partial charge in [-0.1, -0.05) is 50.2 Å². The number of nitrogens with one attached hydrogen (secondary N) is 2. The highest BCUT2D eigenvalue weighted by molar-refractivity contribution is 5.95. The Balaban J connectivity index is 1.50. The second-order valence-corrected chi connectivity index (χ2v) is 8.46. The Hall–Kier alpha value is -3.15. The van der Waals surface area contributed by atoms with E-state index in [1.54, 1.807) is 28.8 Å². The summed E-state index contributed by atoms with van der Waals surface area (Å²) >= 11 is 0. The quantitative estimate of drug-likeness (QED) is 0.600. The Morgan fingerprint density at radius 2 is 1.83 bits per heavy atom. The Kier molecular flexibility index (Phi) is 5.84. The molecule has 1 aliphatic rings. The summed E-state index contributed by atoms with van der Waals surface area (Å²) in [5.41, 5.74) is 2.63. The molecule has 0 spiro atoms. The Bertz CT molecular complexity index is 1040. The number of carbonyl (C=O) groups excluding carboxylic acids is 2. The molecule has 6 heteroatoms. The molecule has 156 valence electrons. The van der Waals surface area contributed by atoms with Crippen molar-refractivity contribution in [3.8, 4) is 0 Å². The van der Waals surface area contributed by atoms with Crippen LogP contribution in [0.2, 0.25) is 0 Å². The van der Waals surface area contributed by atoms with Crippen LogP contribution >= 0.6 is 0 Å². The zero-order chi connectivity index (χ0) is 21.1. The van der Waals surface area contributed by atoms with Gasteiger partial charge < -0.3 is 10.6 Å². The van der Waals surface area contributed by atoms with Crippen LogP contribution in [-0.4, -0.2) is 33.8 Å². The molecular weight excluding hydrogens is 376 g/mol. The van der Waals surface area contributed by atoms with Crippen molar-refractivity contribution in [2.24, 2.45) is 5.92 Å². The largest absolute Gasteiger partial charge is 0.350 e. The molecule has 2 N–H and O–H groups in total. The number of aromatic nitrogens is 2. The van der Waals surface area contributed by atoms with E-state index >= 15 is 0 Å². The van der Waals surface area contributed by atoms with Crippen LogP contribution in [0.25, 0.3) is 5.65 Å². The number of pyridine rings is 1. The molecule has 1 unspecified atom stereocenters. The first-order chi connectivity index (χ1) is 14.5. The molecular formula is C24H28N4O2. The van der Waals surface area contributed by atoms with Gasteiger partial charge in [0.05, 0.1) is 0 Å². The van der Waals surface area contributed by atoms with Gasteiger partial charge in [0.2, 0.25) is 0 Å². The van der Waals surface area contributed by atoms with Crippen molar-refractivity contribution in [1.82, 2.24) is 20.0 Å². The van der Waals surface area contributed by atoms with Crippen LogP contribution in [0.3, 0.4) is 0 Å². The molecule has 1 fully saturated rings. The second kappa shape index (κ2) is 8.69. The summed E-state index contributed by atoms with van der Waals surface area (Å²) in [6, 6.07) is 15.9. The number of hydrogen-bond acceptors (Lipinski definition) is 3. The summed E-state index contributed by atoms with van der Waals surface area (Å²) in [6.07, 6.45) is 4.67. The SMILES string of the molecule is CC(C)CC(CNC(=O)c1cccc2nc(C(=O)NC3CC3)cn12)c1ccccc1. The third-order valence-corrected chi connectivity index (χ3v) is 5.41. The molecule has 30 heavy (non-hydrogen) atoms. The van der Waals surface area contributed by atoms with Gasteiger partial charge in [-0.05, 0) is 42.9 Å². The van der Waals surface area contributed by atoms with Crippen molar-refractivity contribution in [1.29, 1.82) is 0 Å². The van der Waals surface area contributed by atoms with Gasteiger partial charge >= 0.3 is 0 Å². The average molecular weight is 405 g/mol. The number of amides is 2. The number of imidazole rings is 1. The van der Waals surface area contributed by atoms with Crippen LogP contribution in [0, 0.1) is 5.92 Å². The lowest BCUT2D eigenvalue weighted by atomic mass is 9.90. The first-order valence-corrected chi connectivity index (χ1v) is 10.6. The molecule has 6 nitrogen and oxygen atoms in total. The van der Waals surface area contributed by atoms with E-state index in [0.29, 0.717) is 29.5 Å². The fourth-order valence-electron chi connectivity index (χ4n) is 3.73. The number of rotatable bonds is 8. The smallest absolute Gasteiger partial charge is 0.271 e. The van der Waals surface area contributed by atoms with Crippen molar-refractivity contribution in [3.63, 3.8) is 0 Å². The van der Waals surface area contributed by atoms with Gasteiger partial charge in [-0.15, -0.1) is 0 Å². The minimum absolute atomic E-state index is 0.170. The monoisotopic (exact) mass is 404 g/mol. The van der Waals surface area contributed by atoms with Crippen molar-refractivity contribution in [2.75, 3.05) is 6.54 Å². The van der Waals surface area contributed by atoms with Gasteiger partial charge in [0.1, 0.15) is 17.0 Å². The number of fused-ring (bicyclic) bond motifs is 1. The molecule has 1 aliphatic carbocycles. The maximum atomic E-state index is 13.0. The van der Waals surface area contributed by atoms with Gasteiger partial charge in [-0.25, -0.2) is 4.98 Å². The van der Waals surface area contributed by atoms with Crippen LogP contribution in [0.15, 0.2) is 54.7 Å². The predicted octanol–water partition coefficient (Wildman–Crippen LogP) is 3.79. The standard InChI is InChI=1S/C24H28N4O2/c1-16(2)13-18(17-7-4-3-5-8-17)14-25-24(30)21-9-6-10-22-27-20(15-28(21)22)23(29)26-19-11-12-19/h3-10,15-16,18-19H,11-14H2,1-2H3,(H,25,30)(H,26,29). The van der Waals surface area contributed by atoms with E-state index in [9.17, 15) is 9.59 Å². The lowest BCUT2D eigenvalue weighted by Gasteiger charge is -2.20. The topological polar surface area (TPSA) is 75.5 Å².